The van der Waals surface area contributed by atoms with Crippen molar-refractivity contribution in [2.45, 2.75) is 0 Å². The first kappa shape index (κ1) is 6.28. The van der Waals surface area contributed by atoms with Gasteiger partial charge in [-0.3, -0.25) is 0 Å². The number of nitrogens with zero attached hydrogens (tertiary/aromatic N) is 1. The van der Waals surface area contributed by atoms with Crippen molar-refractivity contribution in [3.63, 3.8) is 0 Å². The molecule has 1 N–H and O–H groups in total. The molecule has 0 fully saturated rings. The highest BCUT2D eigenvalue weighted by molar-refractivity contribution is 7.89. The van der Waals surface area contributed by atoms with Gasteiger partial charge in [0.2, 0.25) is 0 Å². The van der Waals surface area contributed by atoms with Crippen molar-refractivity contribution in [3.8, 4) is 0 Å². The van der Waals surface area contributed by atoms with Gasteiger partial charge in [-0.1, -0.05) is 0 Å². The number of aromatic nitrogens is 2. The third-order valence-corrected chi connectivity index (χ3v) is 1.69. The molecule has 1 aromatic heterocycles. The molecular weight excluding hydrogens is 143 g/mol. The molecule has 0 amide bonds. The number of H-pyrrole nitrogens is 1. The summed E-state index contributed by atoms with van der Waals surface area (Å²) in [6, 6.07) is 0. The number of hydrogen-bond donors (Lipinski definition) is 1. The zero-order valence-corrected chi connectivity index (χ0v) is 5.40. The number of hydrogen-bond acceptors (Lipinski definition) is 1. The van der Waals surface area contributed by atoms with E-state index in [1.807, 2.05) is 0 Å². The van der Waals surface area contributed by atoms with Crippen LogP contribution in [0.1, 0.15) is 0 Å². The van der Waals surface area contributed by atoms with E-state index in [2.05, 4.69) is 10.9 Å². The normalized spacial score (nSPS) is 17.0. The fourth-order valence-electron chi connectivity index (χ4n) is 0.446. The lowest BCUT2D eigenvalue weighted by Gasteiger charge is -1.86. The van der Waals surface area contributed by atoms with Crippen molar-refractivity contribution in [1.29, 1.82) is 0 Å². The molecule has 50 valence electrons. The third-order valence-electron chi connectivity index (χ3n) is 0.834. The van der Waals surface area contributed by atoms with Crippen LogP contribution in [0.25, 0.3) is 0 Å². The highest BCUT2D eigenvalue weighted by atomic mass is 32.3. The first-order valence-corrected chi connectivity index (χ1v) is 3.80. The third kappa shape index (κ3) is 1.29. The second-order valence-electron chi connectivity index (χ2n) is 1.53. The summed E-state index contributed by atoms with van der Waals surface area (Å²) in [6.07, 6.45) is 4.02. The van der Waals surface area contributed by atoms with Gasteiger partial charge in [0.05, 0.1) is 0 Å². The lowest BCUT2D eigenvalue weighted by molar-refractivity contribution is -0.508. The molecule has 0 aliphatic rings. The predicted molar refractivity (Wildman–Crippen MR) is 32.8 cm³/mol. The van der Waals surface area contributed by atoms with Crippen LogP contribution < -0.4 is 3.97 Å². The van der Waals surface area contributed by atoms with Crippen LogP contribution in [0.3, 0.4) is 0 Å². The van der Waals surface area contributed by atoms with Gasteiger partial charge in [-0.15, -0.1) is 7.86 Å². The lowest BCUT2D eigenvalue weighted by Crippen LogP contribution is -2.36. The van der Waals surface area contributed by atoms with Crippen LogP contribution >= 0.6 is 0 Å². The Labute approximate surface area is 52.6 Å². The van der Waals surface area contributed by atoms with Crippen LogP contribution in [0.4, 0.5) is 3.89 Å². The molecule has 5 heteroatoms. The molecule has 1 rings (SSSR count). The van der Waals surface area contributed by atoms with Crippen molar-refractivity contribution < 1.29 is 12.1 Å². The monoisotopic (exact) mass is 149 g/mol. The van der Waals surface area contributed by atoms with Gasteiger partial charge in [0, 0.05) is 5.87 Å². The fourth-order valence-corrected chi connectivity index (χ4v) is 0.906. The summed E-state index contributed by atoms with van der Waals surface area (Å²) in [7, 11) is -3.57. The van der Waals surface area contributed by atoms with E-state index in [0.29, 0.717) is 0 Å². The fraction of sp³-hybridized carbons (Fsp3) is 0. The average Bonchev–Trinajstić information content (AvgIpc) is 2.08. The maximum Gasteiger partial charge on any atom is 0.276 e. The molecule has 3 nitrogen and oxygen atoms in total. The summed E-state index contributed by atoms with van der Waals surface area (Å²) in [4.78, 5) is 2.54. The Kier molecular flexibility index (Phi) is 1.28. The Morgan fingerprint density at radius 3 is 2.67 bits per heavy atom. The lowest BCUT2D eigenvalue weighted by atomic mass is 11.0. The quantitative estimate of drug-likeness (QED) is 0.331. The van der Waals surface area contributed by atoms with E-state index in [4.69, 9.17) is 0 Å². The average molecular weight is 149 g/mol. The number of imidazole rings is 1. The molecular formula is C4H6FN2OS+. The molecule has 0 aliphatic heterocycles. The Balaban J connectivity index is 3.20. The molecule has 0 aliphatic carbocycles. The molecule has 0 saturated heterocycles. The molecule has 0 bridgehead atoms. The van der Waals surface area contributed by atoms with Gasteiger partial charge >= 0.3 is 0 Å². The molecule has 1 heterocycles. The van der Waals surface area contributed by atoms with Crippen LogP contribution in [0.2, 0.25) is 0 Å². The maximum atomic E-state index is 12.3. The summed E-state index contributed by atoms with van der Waals surface area (Å²) < 4.78 is 23.6. The van der Waals surface area contributed by atoms with Crippen molar-refractivity contribution >= 4 is 16.0 Å². The minimum absolute atomic E-state index is 0.882. The molecule has 9 heavy (non-hydrogen) atoms. The van der Waals surface area contributed by atoms with Gasteiger partial charge in [-0.25, -0.2) is 4.98 Å². The minimum atomic E-state index is -3.57. The highest BCUT2D eigenvalue weighted by Crippen LogP contribution is 1.81. The number of halogens is 1. The molecule has 1 aromatic rings. The molecule has 0 spiro atoms. The van der Waals surface area contributed by atoms with Gasteiger partial charge in [0.1, 0.15) is 12.4 Å². The SMILES string of the molecule is C=S(=O)(F)[n+]1cc[nH]c1. The minimum Gasteiger partial charge on any atom is -0.249 e. The molecule has 1 unspecified atom stereocenters. The van der Waals surface area contributed by atoms with Gasteiger partial charge in [0.25, 0.3) is 16.4 Å². The molecule has 0 radical (unpaired) electrons. The van der Waals surface area contributed by atoms with Crippen LogP contribution in [-0.4, -0.2) is 15.1 Å². The second-order valence-corrected chi connectivity index (χ2v) is 3.08. The van der Waals surface area contributed by atoms with Crippen LogP contribution in [0.5, 0.6) is 0 Å². The van der Waals surface area contributed by atoms with E-state index in [0.717, 1.165) is 3.97 Å². The first-order valence-electron chi connectivity index (χ1n) is 2.22. The van der Waals surface area contributed by atoms with Crippen molar-refractivity contribution in [2.75, 3.05) is 0 Å². The Morgan fingerprint density at radius 2 is 2.44 bits per heavy atom. The summed E-state index contributed by atoms with van der Waals surface area (Å²) in [5.41, 5.74) is 0. The van der Waals surface area contributed by atoms with Crippen LogP contribution in [0, 0.1) is 0 Å². The molecule has 1 atom stereocenters. The zero-order chi connectivity index (χ0) is 6.91. The highest BCUT2D eigenvalue weighted by Gasteiger charge is 2.06. The molecule has 0 aromatic carbocycles. The zero-order valence-electron chi connectivity index (χ0n) is 4.58. The van der Waals surface area contributed by atoms with Crippen molar-refractivity contribution in [2.24, 2.45) is 0 Å². The van der Waals surface area contributed by atoms with E-state index in [1.54, 1.807) is 0 Å². The van der Waals surface area contributed by atoms with E-state index in [-0.39, 0.29) is 0 Å². The summed E-state index contributed by atoms with van der Waals surface area (Å²) in [5.74, 6) is 2.82. The topological polar surface area (TPSA) is 36.7 Å². The Bertz CT molecular complexity index is 276. The van der Waals surface area contributed by atoms with E-state index < -0.39 is 10.1 Å². The van der Waals surface area contributed by atoms with Gasteiger partial charge in [-0.2, -0.15) is 4.21 Å². The maximum absolute atomic E-state index is 12.3. The van der Waals surface area contributed by atoms with Gasteiger partial charge in [0.15, 0.2) is 0 Å². The molecule has 0 saturated carbocycles. The summed E-state index contributed by atoms with van der Waals surface area (Å²) >= 11 is 0. The Morgan fingerprint density at radius 1 is 1.78 bits per heavy atom. The van der Waals surface area contributed by atoms with Crippen LogP contribution in [0.15, 0.2) is 18.7 Å². The van der Waals surface area contributed by atoms with Crippen LogP contribution in [-0.2, 0) is 10.1 Å². The van der Waals surface area contributed by atoms with Gasteiger partial charge in [-0.05, 0) is 0 Å². The standard InChI is InChI=1S/C4H5FN2OS/c1-9(5,8)7-3-2-6-4-7/h2-4H,1H2/p+1. The van der Waals surface area contributed by atoms with E-state index in [9.17, 15) is 8.09 Å². The van der Waals surface area contributed by atoms with Crippen molar-refractivity contribution in [3.05, 3.63) is 18.7 Å². The number of nitrogens with one attached hydrogen (secondary N) is 1. The second kappa shape index (κ2) is 1.84. The number of aromatic amines is 1. The van der Waals surface area contributed by atoms with Crippen molar-refractivity contribution in [1.82, 2.24) is 4.98 Å². The van der Waals surface area contributed by atoms with E-state index >= 15 is 0 Å². The van der Waals surface area contributed by atoms with Gasteiger partial charge < -0.3 is 0 Å². The summed E-state index contributed by atoms with van der Waals surface area (Å²) in [5, 5.41) is 0. The smallest absolute Gasteiger partial charge is 0.249 e. The first-order chi connectivity index (χ1) is 4.11. The summed E-state index contributed by atoms with van der Waals surface area (Å²) in [6.45, 7) is 0. The Hall–Kier alpha value is -0.840. The predicted octanol–water partition coefficient (Wildman–Crippen LogP) is -0.334. The van der Waals surface area contributed by atoms with E-state index in [1.165, 1.54) is 18.7 Å². The largest absolute Gasteiger partial charge is 0.276 e. The number of rotatable bonds is 1.